The number of non-ortho nitro benzene ring substituents is 1. The third kappa shape index (κ3) is 5.84. The molecule has 176 valence electrons. The number of nitro groups is 1. The first-order valence-electron chi connectivity index (χ1n) is 10.9. The second-order valence-corrected chi connectivity index (χ2v) is 9.65. The number of carbonyl (C=O) groups excluding carboxylic acids is 1. The molecule has 1 amide bonds. The molecule has 0 atom stereocenters. The van der Waals surface area contributed by atoms with E-state index in [0.717, 1.165) is 5.69 Å². The van der Waals surface area contributed by atoms with E-state index < -0.39 is 4.92 Å². The number of aromatic nitrogens is 2. The van der Waals surface area contributed by atoms with E-state index in [4.69, 9.17) is 4.74 Å². The number of methoxy groups -OCH3 is 1. The zero-order valence-corrected chi connectivity index (χ0v) is 20.5. The summed E-state index contributed by atoms with van der Waals surface area (Å²) in [7, 11) is 1.59. The molecule has 1 aromatic heterocycles. The van der Waals surface area contributed by atoms with E-state index in [2.05, 4.69) is 32.7 Å². The zero-order valence-electron chi connectivity index (χ0n) is 19.6. The average molecular weight is 471 g/mol. The van der Waals surface area contributed by atoms with Gasteiger partial charge in [-0.3, -0.25) is 19.5 Å². The second-order valence-electron chi connectivity index (χ2n) is 8.71. The van der Waals surface area contributed by atoms with Crippen LogP contribution in [0.1, 0.15) is 27.7 Å². The first-order valence-corrected chi connectivity index (χ1v) is 11.9. The smallest absolute Gasteiger partial charge is 0.271 e. The van der Waals surface area contributed by atoms with Crippen molar-refractivity contribution in [3.8, 4) is 11.4 Å². The Morgan fingerprint density at radius 1 is 1.15 bits per heavy atom. The van der Waals surface area contributed by atoms with E-state index in [-0.39, 0.29) is 17.3 Å². The van der Waals surface area contributed by atoms with Crippen molar-refractivity contribution in [1.29, 1.82) is 0 Å². The maximum atomic E-state index is 13.1. The van der Waals surface area contributed by atoms with Crippen LogP contribution < -0.4 is 4.74 Å². The third-order valence-electron chi connectivity index (χ3n) is 4.99. The molecule has 1 heterocycles. The van der Waals surface area contributed by atoms with Gasteiger partial charge in [0, 0.05) is 25.2 Å². The Balaban J connectivity index is 2.00. The number of thioether (sulfide) groups is 1. The highest BCUT2D eigenvalue weighted by molar-refractivity contribution is 7.99. The van der Waals surface area contributed by atoms with Gasteiger partial charge < -0.3 is 9.64 Å². The van der Waals surface area contributed by atoms with Gasteiger partial charge in [0.1, 0.15) is 5.75 Å². The van der Waals surface area contributed by atoms with Crippen LogP contribution in [0.2, 0.25) is 0 Å². The Kier molecular flexibility index (Phi) is 7.97. The predicted molar refractivity (Wildman–Crippen MR) is 131 cm³/mol. The number of nitrogens with zero attached hydrogens (tertiary/aromatic N) is 4. The molecule has 8 nitrogen and oxygen atoms in total. The molecule has 0 radical (unpaired) electrons. The molecule has 33 heavy (non-hydrogen) atoms. The van der Waals surface area contributed by atoms with Gasteiger partial charge in [-0.05, 0) is 30.0 Å². The number of nitro benzene ring substituents is 1. The van der Waals surface area contributed by atoms with Gasteiger partial charge in [0.25, 0.3) is 5.69 Å². The monoisotopic (exact) mass is 470 g/mol. The highest BCUT2D eigenvalue weighted by Crippen LogP contribution is 2.34. The van der Waals surface area contributed by atoms with Gasteiger partial charge in [-0.2, -0.15) is 0 Å². The Hall–Kier alpha value is -3.07. The number of para-hydroxylation sites is 2. The number of hydrogen-bond acceptors (Lipinski definition) is 6. The molecule has 2 aromatic carbocycles. The summed E-state index contributed by atoms with van der Waals surface area (Å²) in [4.78, 5) is 30.5. The molecule has 0 saturated carbocycles. The summed E-state index contributed by atoms with van der Waals surface area (Å²) < 4.78 is 7.44. The van der Waals surface area contributed by atoms with Crippen molar-refractivity contribution >= 4 is 34.4 Å². The van der Waals surface area contributed by atoms with Crippen molar-refractivity contribution in [2.75, 3.05) is 26.0 Å². The van der Waals surface area contributed by atoms with E-state index in [0.29, 0.717) is 46.9 Å². The van der Waals surface area contributed by atoms with Crippen molar-refractivity contribution in [1.82, 2.24) is 14.5 Å². The molecule has 0 aliphatic heterocycles. The highest BCUT2D eigenvalue weighted by Gasteiger charge is 2.21. The van der Waals surface area contributed by atoms with Gasteiger partial charge >= 0.3 is 0 Å². The fraction of sp³-hybridized carbons (Fsp3) is 0.417. The van der Waals surface area contributed by atoms with Crippen LogP contribution in [-0.2, 0) is 4.79 Å². The minimum atomic E-state index is -0.437. The van der Waals surface area contributed by atoms with Gasteiger partial charge in [0.15, 0.2) is 5.16 Å². The summed E-state index contributed by atoms with van der Waals surface area (Å²) in [5.74, 6) is 1.66. The molecule has 0 aliphatic rings. The topological polar surface area (TPSA) is 90.5 Å². The van der Waals surface area contributed by atoms with Crippen LogP contribution in [0, 0.1) is 22.0 Å². The molecule has 0 unspecified atom stereocenters. The van der Waals surface area contributed by atoms with Crippen LogP contribution in [0.15, 0.2) is 47.6 Å². The van der Waals surface area contributed by atoms with E-state index in [9.17, 15) is 14.9 Å². The minimum Gasteiger partial charge on any atom is -0.495 e. The normalized spacial score (nSPS) is 11.4. The molecule has 0 N–H and O–H groups in total. The van der Waals surface area contributed by atoms with Gasteiger partial charge in [-0.15, -0.1) is 0 Å². The lowest BCUT2D eigenvalue weighted by molar-refractivity contribution is -0.384. The Labute approximate surface area is 198 Å². The van der Waals surface area contributed by atoms with Crippen LogP contribution in [0.4, 0.5) is 5.69 Å². The molecular formula is C24H30N4O4S. The van der Waals surface area contributed by atoms with Gasteiger partial charge in [-0.25, -0.2) is 4.98 Å². The summed E-state index contributed by atoms with van der Waals surface area (Å²) in [6.07, 6.45) is 0. The fourth-order valence-corrected chi connectivity index (χ4v) is 4.61. The second kappa shape index (κ2) is 10.7. The van der Waals surface area contributed by atoms with Crippen LogP contribution >= 0.6 is 11.8 Å². The minimum absolute atomic E-state index is 0.0279. The maximum absolute atomic E-state index is 13.1. The van der Waals surface area contributed by atoms with Crippen LogP contribution in [0.5, 0.6) is 5.75 Å². The van der Waals surface area contributed by atoms with Crippen molar-refractivity contribution in [2.24, 2.45) is 11.8 Å². The van der Waals surface area contributed by atoms with E-state index in [1.807, 2.05) is 33.7 Å². The maximum Gasteiger partial charge on any atom is 0.271 e. The van der Waals surface area contributed by atoms with Crippen LogP contribution in [0.25, 0.3) is 16.7 Å². The summed E-state index contributed by atoms with van der Waals surface area (Å²) in [5.41, 5.74) is 1.93. The summed E-state index contributed by atoms with van der Waals surface area (Å²) in [6.45, 7) is 9.80. The zero-order chi connectivity index (χ0) is 24.1. The largest absolute Gasteiger partial charge is 0.495 e. The number of amides is 1. The van der Waals surface area contributed by atoms with Gasteiger partial charge in [-0.1, -0.05) is 51.6 Å². The standard InChI is InChI=1S/C24H30N4O4S/c1-16(2)13-26(14-17(3)4)23(29)15-33-24-25-19-12-18(28(30)31)10-11-20(19)27(24)21-8-6-7-9-22(21)32-5/h6-12,16-17H,13-15H2,1-5H3. The lowest BCUT2D eigenvalue weighted by Crippen LogP contribution is -2.38. The lowest BCUT2D eigenvalue weighted by Gasteiger charge is -2.26. The number of ether oxygens (including phenoxy) is 1. The van der Waals surface area contributed by atoms with Gasteiger partial charge in [0.2, 0.25) is 5.91 Å². The molecular weight excluding hydrogens is 440 g/mol. The summed E-state index contributed by atoms with van der Waals surface area (Å²) in [6, 6.07) is 12.1. The summed E-state index contributed by atoms with van der Waals surface area (Å²) >= 11 is 1.33. The van der Waals surface area contributed by atoms with Crippen LogP contribution in [-0.4, -0.2) is 51.2 Å². The fourth-order valence-electron chi connectivity index (χ4n) is 3.68. The number of imidazole rings is 1. The SMILES string of the molecule is COc1ccccc1-n1c(SCC(=O)N(CC(C)C)CC(C)C)nc2cc([N+](=O)[O-])ccc21. The Bertz CT molecular complexity index is 1130. The first-order chi connectivity index (χ1) is 15.7. The Morgan fingerprint density at radius 2 is 1.82 bits per heavy atom. The molecule has 0 fully saturated rings. The number of rotatable bonds is 10. The molecule has 0 spiro atoms. The number of carbonyl (C=O) groups is 1. The highest BCUT2D eigenvalue weighted by atomic mass is 32.2. The number of benzene rings is 2. The molecule has 3 rings (SSSR count). The van der Waals surface area contributed by atoms with E-state index in [1.165, 1.54) is 23.9 Å². The third-order valence-corrected chi connectivity index (χ3v) is 5.92. The summed E-state index contributed by atoms with van der Waals surface area (Å²) in [5, 5.41) is 11.8. The van der Waals surface area contributed by atoms with E-state index >= 15 is 0 Å². The van der Waals surface area contributed by atoms with Crippen molar-refractivity contribution in [3.05, 3.63) is 52.6 Å². The van der Waals surface area contributed by atoms with Crippen molar-refractivity contribution < 1.29 is 14.5 Å². The lowest BCUT2D eigenvalue weighted by atomic mass is 10.1. The van der Waals surface area contributed by atoms with Crippen molar-refractivity contribution in [2.45, 2.75) is 32.9 Å². The Morgan fingerprint density at radius 3 is 2.42 bits per heavy atom. The van der Waals surface area contributed by atoms with E-state index in [1.54, 1.807) is 13.2 Å². The predicted octanol–water partition coefficient (Wildman–Crippen LogP) is 5.18. The first kappa shape index (κ1) is 24.6. The molecule has 3 aromatic rings. The molecule has 0 saturated heterocycles. The number of hydrogen-bond donors (Lipinski definition) is 0. The molecule has 0 aliphatic carbocycles. The van der Waals surface area contributed by atoms with Crippen LogP contribution in [0.3, 0.4) is 0 Å². The average Bonchev–Trinajstić information content (AvgIpc) is 3.13. The quantitative estimate of drug-likeness (QED) is 0.230. The number of fused-ring (bicyclic) bond motifs is 1. The van der Waals surface area contributed by atoms with Crippen molar-refractivity contribution in [3.63, 3.8) is 0 Å². The molecule has 9 heteroatoms. The van der Waals surface area contributed by atoms with Gasteiger partial charge in [0.05, 0.1) is 34.5 Å². The molecule has 0 bridgehead atoms.